The highest BCUT2D eigenvalue weighted by Gasteiger charge is 2.27. The Balaban J connectivity index is 2.48. The first-order valence-corrected chi connectivity index (χ1v) is 5.51. The molecule has 2 atom stereocenters. The van der Waals surface area contributed by atoms with Gasteiger partial charge in [0.15, 0.2) is 0 Å². The van der Waals surface area contributed by atoms with Gasteiger partial charge in [0.2, 0.25) is 0 Å². The number of carbonyl (C=O) groups is 1. The number of esters is 1. The van der Waals surface area contributed by atoms with Crippen LogP contribution < -0.4 is 0 Å². The fourth-order valence-corrected chi connectivity index (χ4v) is 1.85. The second-order valence-corrected chi connectivity index (χ2v) is 3.84. The van der Waals surface area contributed by atoms with Crippen LogP contribution in [-0.4, -0.2) is 18.1 Å². The molecular formula is C10H17N3O2. The molecule has 0 bridgehead atoms. The summed E-state index contributed by atoms with van der Waals surface area (Å²) in [5.41, 5.74) is 8.39. The molecule has 0 amide bonds. The van der Waals surface area contributed by atoms with Gasteiger partial charge in [0.1, 0.15) is 6.10 Å². The number of hydrogen-bond donors (Lipinski definition) is 0. The number of nitrogens with zero attached hydrogens (tertiary/aromatic N) is 3. The van der Waals surface area contributed by atoms with Crippen molar-refractivity contribution in [2.75, 3.05) is 0 Å². The molecular weight excluding hydrogens is 194 g/mol. The van der Waals surface area contributed by atoms with Crippen LogP contribution in [0.2, 0.25) is 0 Å². The van der Waals surface area contributed by atoms with Crippen LogP contribution in [0.3, 0.4) is 0 Å². The minimum absolute atomic E-state index is 0.162. The SMILES string of the molecule is CCCC(=O)O[C@H]1CCCC[C@@H]1N=[N+]=[N-]. The summed E-state index contributed by atoms with van der Waals surface area (Å²) < 4.78 is 5.29. The zero-order valence-electron chi connectivity index (χ0n) is 9.06. The lowest BCUT2D eigenvalue weighted by Gasteiger charge is -2.27. The quantitative estimate of drug-likeness (QED) is 0.310. The summed E-state index contributed by atoms with van der Waals surface area (Å²) in [6.07, 6.45) is 4.77. The van der Waals surface area contributed by atoms with Gasteiger partial charge < -0.3 is 4.74 Å². The molecule has 5 nitrogen and oxygen atoms in total. The molecule has 1 aliphatic carbocycles. The van der Waals surface area contributed by atoms with Crippen molar-refractivity contribution in [3.05, 3.63) is 10.4 Å². The van der Waals surface area contributed by atoms with E-state index in [1.165, 1.54) is 0 Å². The predicted molar refractivity (Wildman–Crippen MR) is 56.2 cm³/mol. The van der Waals surface area contributed by atoms with E-state index >= 15 is 0 Å². The lowest BCUT2D eigenvalue weighted by Crippen LogP contribution is -2.32. The van der Waals surface area contributed by atoms with Crippen LogP contribution in [-0.2, 0) is 9.53 Å². The zero-order valence-corrected chi connectivity index (χ0v) is 9.06. The maximum absolute atomic E-state index is 11.3. The molecule has 15 heavy (non-hydrogen) atoms. The Morgan fingerprint density at radius 2 is 2.27 bits per heavy atom. The van der Waals surface area contributed by atoms with Crippen molar-refractivity contribution in [3.63, 3.8) is 0 Å². The highest BCUT2D eigenvalue weighted by molar-refractivity contribution is 5.69. The number of rotatable bonds is 4. The fraction of sp³-hybridized carbons (Fsp3) is 0.900. The van der Waals surface area contributed by atoms with Gasteiger partial charge in [0.25, 0.3) is 0 Å². The molecule has 1 rings (SSSR count). The maximum Gasteiger partial charge on any atom is 0.306 e. The van der Waals surface area contributed by atoms with E-state index in [-0.39, 0.29) is 18.1 Å². The molecule has 1 fully saturated rings. The third kappa shape index (κ3) is 3.80. The van der Waals surface area contributed by atoms with E-state index in [4.69, 9.17) is 10.3 Å². The molecule has 0 unspecified atom stereocenters. The van der Waals surface area contributed by atoms with Crippen molar-refractivity contribution >= 4 is 5.97 Å². The molecule has 0 aromatic heterocycles. The van der Waals surface area contributed by atoms with E-state index in [0.29, 0.717) is 6.42 Å². The van der Waals surface area contributed by atoms with Gasteiger partial charge in [-0.2, -0.15) is 0 Å². The number of ether oxygens (including phenoxy) is 1. The number of carbonyl (C=O) groups excluding carboxylic acids is 1. The predicted octanol–water partition coefficient (Wildman–Crippen LogP) is 2.95. The second-order valence-electron chi connectivity index (χ2n) is 3.84. The van der Waals surface area contributed by atoms with Gasteiger partial charge in [-0.3, -0.25) is 4.79 Å². The summed E-state index contributed by atoms with van der Waals surface area (Å²) in [6, 6.07) is -0.162. The summed E-state index contributed by atoms with van der Waals surface area (Å²) in [5, 5.41) is 3.68. The zero-order chi connectivity index (χ0) is 11.1. The molecule has 5 heteroatoms. The Labute approximate surface area is 89.4 Å². The molecule has 0 radical (unpaired) electrons. The molecule has 84 valence electrons. The van der Waals surface area contributed by atoms with Gasteiger partial charge in [0.05, 0.1) is 6.04 Å². The van der Waals surface area contributed by atoms with Crippen LogP contribution in [0.5, 0.6) is 0 Å². The minimum Gasteiger partial charge on any atom is -0.462 e. The highest BCUT2D eigenvalue weighted by atomic mass is 16.5. The molecule has 1 saturated carbocycles. The van der Waals surface area contributed by atoms with E-state index in [1.54, 1.807) is 0 Å². The van der Waals surface area contributed by atoms with Gasteiger partial charge in [-0.15, -0.1) is 0 Å². The second kappa shape index (κ2) is 6.30. The van der Waals surface area contributed by atoms with Crippen LogP contribution in [0.25, 0.3) is 10.4 Å². The van der Waals surface area contributed by atoms with Crippen molar-refractivity contribution in [1.29, 1.82) is 0 Å². The van der Waals surface area contributed by atoms with E-state index in [9.17, 15) is 4.79 Å². The molecule has 0 spiro atoms. The van der Waals surface area contributed by atoms with Crippen molar-refractivity contribution in [2.24, 2.45) is 5.11 Å². The monoisotopic (exact) mass is 211 g/mol. The van der Waals surface area contributed by atoms with Crippen molar-refractivity contribution in [3.8, 4) is 0 Å². The minimum atomic E-state index is -0.200. The Morgan fingerprint density at radius 3 is 2.93 bits per heavy atom. The van der Waals surface area contributed by atoms with Crippen LogP contribution in [0.1, 0.15) is 45.4 Å². The van der Waals surface area contributed by atoms with Crippen LogP contribution in [0.4, 0.5) is 0 Å². The molecule has 0 aromatic carbocycles. The van der Waals surface area contributed by atoms with E-state index < -0.39 is 0 Å². The van der Waals surface area contributed by atoms with Crippen molar-refractivity contribution in [1.82, 2.24) is 0 Å². The van der Waals surface area contributed by atoms with Gasteiger partial charge in [-0.1, -0.05) is 18.5 Å². The summed E-state index contributed by atoms with van der Waals surface area (Å²) in [5.74, 6) is -0.178. The first-order valence-electron chi connectivity index (χ1n) is 5.51. The molecule has 1 aliphatic rings. The third-order valence-corrected chi connectivity index (χ3v) is 2.60. The van der Waals surface area contributed by atoms with Crippen molar-refractivity contribution in [2.45, 2.75) is 57.6 Å². The van der Waals surface area contributed by atoms with Gasteiger partial charge in [0, 0.05) is 11.3 Å². The Kier molecular flexibility index (Phi) is 4.98. The normalized spacial score (nSPS) is 25.4. The van der Waals surface area contributed by atoms with Gasteiger partial charge >= 0.3 is 5.97 Å². The molecule has 0 aromatic rings. The Bertz CT molecular complexity index is 261. The van der Waals surface area contributed by atoms with Crippen LogP contribution in [0.15, 0.2) is 5.11 Å². The smallest absolute Gasteiger partial charge is 0.306 e. The molecule has 0 saturated heterocycles. The van der Waals surface area contributed by atoms with Crippen LogP contribution in [0, 0.1) is 0 Å². The van der Waals surface area contributed by atoms with E-state index in [0.717, 1.165) is 32.1 Å². The lowest BCUT2D eigenvalue weighted by molar-refractivity contribution is -0.151. The third-order valence-electron chi connectivity index (χ3n) is 2.60. The first-order chi connectivity index (χ1) is 7.27. The average Bonchev–Trinajstić information content (AvgIpc) is 2.21. The standard InChI is InChI=1S/C10H17N3O2/c1-2-5-10(14)15-9-7-4-3-6-8(9)12-13-11/h8-9H,2-7H2,1H3/t8-,9-/m0/s1. The van der Waals surface area contributed by atoms with Crippen molar-refractivity contribution < 1.29 is 9.53 Å². The largest absolute Gasteiger partial charge is 0.462 e. The lowest BCUT2D eigenvalue weighted by atomic mass is 9.93. The molecule has 0 N–H and O–H groups in total. The summed E-state index contributed by atoms with van der Waals surface area (Å²) in [4.78, 5) is 14.1. The first kappa shape index (κ1) is 11.9. The number of azide groups is 1. The van der Waals surface area contributed by atoms with Gasteiger partial charge in [-0.25, -0.2) is 0 Å². The highest BCUT2D eigenvalue weighted by Crippen LogP contribution is 2.24. The topological polar surface area (TPSA) is 75.1 Å². The van der Waals surface area contributed by atoms with Gasteiger partial charge in [-0.05, 0) is 31.2 Å². The Hall–Kier alpha value is -1.22. The fourth-order valence-electron chi connectivity index (χ4n) is 1.85. The van der Waals surface area contributed by atoms with E-state index in [2.05, 4.69) is 10.0 Å². The van der Waals surface area contributed by atoms with Crippen LogP contribution >= 0.6 is 0 Å². The summed E-state index contributed by atoms with van der Waals surface area (Å²) in [6.45, 7) is 1.94. The maximum atomic E-state index is 11.3. The van der Waals surface area contributed by atoms with E-state index in [1.807, 2.05) is 6.92 Å². The molecule has 0 heterocycles. The number of hydrogen-bond acceptors (Lipinski definition) is 3. The molecule has 0 aliphatic heterocycles. The average molecular weight is 211 g/mol. The summed E-state index contributed by atoms with van der Waals surface area (Å²) >= 11 is 0. The Morgan fingerprint density at radius 1 is 1.53 bits per heavy atom. The summed E-state index contributed by atoms with van der Waals surface area (Å²) in [7, 11) is 0.